The Morgan fingerprint density at radius 1 is 1.29 bits per heavy atom. The first kappa shape index (κ1) is 13.3. The van der Waals surface area contributed by atoms with Gasteiger partial charge in [0, 0.05) is 0 Å². The van der Waals surface area contributed by atoms with E-state index >= 15 is 0 Å². The van der Waals surface area contributed by atoms with E-state index in [1.165, 1.54) is 24.3 Å². The molecule has 4 nitrogen and oxygen atoms in total. The molecule has 0 amide bonds. The number of nitriles is 1. The van der Waals surface area contributed by atoms with E-state index in [0.717, 1.165) is 6.08 Å². The number of hydrogen-bond acceptors (Lipinski definition) is 4. The molecule has 0 aliphatic heterocycles. The van der Waals surface area contributed by atoms with Crippen LogP contribution in [0.15, 0.2) is 29.7 Å². The summed E-state index contributed by atoms with van der Waals surface area (Å²) in [5.74, 6) is 0. The van der Waals surface area contributed by atoms with Crippen LogP contribution in [-0.2, 0) is 14.3 Å². The second-order valence-corrected chi connectivity index (χ2v) is 4.34. The first-order chi connectivity index (χ1) is 7.93. The molecule has 0 fully saturated rings. The third-order valence-electron chi connectivity index (χ3n) is 1.67. The second kappa shape index (κ2) is 5.52. The highest BCUT2D eigenvalue weighted by Gasteiger charge is 2.13. The van der Waals surface area contributed by atoms with E-state index in [1.807, 2.05) is 6.07 Å². The Balaban J connectivity index is 2.80. The van der Waals surface area contributed by atoms with Crippen LogP contribution < -0.4 is 0 Å². The highest BCUT2D eigenvalue weighted by Crippen LogP contribution is 2.09. The van der Waals surface area contributed by atoms with Crippen molar-refractivity contribution in [2.24, 2.45) is 0 Å². The Morgan fingerprint density at radius 2 is 1.88 bits per heavy atom. The van der Waals surface area contributed by atoms with Crippen molar-refractivity contribution in [3.63, 3.8) is 0 Å². The topological polar surface area (TPSA) is 67.2 Å². The minimum absolute atomic E-state index is 0.411. The fourth-order valence-corrected chi connectivity index (χ4v) is 1.55. The van der Waals surface area contributed by atoms with E-state index in [2.05, 4.69) is 4.18 Å². The molecule has 0 unspecified atom stereocenters. The van der Waals surface area contributed by atoms with Gasteiger partial charge in [-0.1, -0.05) is 12.1 Å². The van der Waals surface area contributed by atoms with Gasteiger partial charge in [-0.15, -0.1) is 0 Å². The summed E-state index contributed by atoms with van der Waals surface area (Å²) < 4.78 is 48.6. The van der Waals surface area contributed by atoms with Gasteiger partial charge in [0.15, 0.2) is 0 Å². The molecule has 0 bridgehead atoms. The van der Waals surface area contributed by atoms with E-state index in [-0.39, 0.29) is 0 Å². The maximum Gasteiger partial charge on any atom is 0.359 e. The van der Waals surface area contributed by atoms with E-state index in [4.69, 9.17) is 5.26 Å². The minimum Gasteiger partial charge on any atom is -0.200 e. The highest BCUT2D eigenvalue weighted by atomic mass is 32.2. The van der Waals surface area contributed by atoms with Crippen LogP contribution in [0.2, 0.25) is 0 Å². The first-order valence-electron chi connectivity index (χ1n) is 4.32. The van der Waals surface area contributed by atoms with Crippen molar-refractivity contribution in [1.82, 2.24) is 0 Å². The molecule has 0 aliphatic carbocycles. The molecule has 0 aliphatic rings. The minimum atomic E-state index is -4.39. The third-order valence-corrected chi connectivity index (χ3v) is 2.56. The summed E-state index contributed by atoms with van der Waals surface area (Å²) in [5.41, 5.74) is 0.860. The van der Waals surface area contributed by atoms with Crippen LogP contribution in [0.1, 0.15) is 11.1 Å². The number of rotatable bonds is 4. The van der Waals surface area contributed by atoms with Crippen LogP contribution in [-0.4, -0.2) is 15.0 Å². The molecule has 90 valence electrons. The zero-order valence-electron chi connectivity index (χ0n) is 8.38. The Bertz CT molecular complexity index is 544. The fourth-order valence-electron chi connectivity index (χ4n) is 0.964. The van der Waals surface area contributed by atoms with Crippen LogP contribution in [0.25, 0.3) is 6.08 Å². The molecule has 17 heavy (non-hydrogen) atoms. The summed E-state index contributed by atoms with van der Waals surface area (Å²) in [6.45, 7) is -3.38. The summed E-state index contributed by atoms with van der Waals surface area (Å²) in [7, 11) is -4.39. The van der Waals surface area contributed by atoms with Gasteiger partial charge >= 0.3 is 6.61 Å². The highest BCUT2D eigenvalue weighted by molar-refractivity contribution is 7.89. The summed E-state index contributed by atoms with van der Waals surface area (Å²) in [6, 6.07) is 7.79. The van der Waals surface area contributed by atoms with Gasteiger partial charge in [-0.05, 0) is 23.8 Å². The van der Waals surface area contributed by atoms with Gasteiger partial charge in [0.2, 0.25) is 0 Å². The zero-order valence-corrected chi connectivity index (χ0v) is 9.19. The Labute approximate surface area is 96.9 Å². The molecule has 0 heterocycles. The average Bonchev–Trinajstić information content (AvgIpc) is 2.25. The maximum atomic E-state index is 11.7. The number of alkyl halides is 2. The number of nitrogens with zero attached hydrogens (tertiary/aromatic N) is 1. The van der Waals surface area contributed by atoms with Crippen LogP contribution in [0.5, 0.6) is 0 Å². The number of hydrogen-bond donors (Lipinski definition) is 0. The largest absolute Gasteiger partial charge is 0.359 e. The summed E-state index contributed by atoms with van der Waals surface area (Å²) >= 11 is 0. The number of benzene rings is 1. The lowest BCUT2D eigenvalue weighted by atomic mass is 10.1. The smallest absolute Gasteiger partial charge is 0.200 e. The van der Waals surface area contributed by atoms with Crippen LogP contribution in [0, 0.1) is 11.3 Å². The van der Waals surface area contributed by atoms with Gasteiger partial charge < -0.3 is 0 Å². The Kier molecular flexibility index (Phi) is 4.31. The van der Waals surface area contributed by atoms with E-state index in [0.29, 0.717) is 16.5 Å². The van der Waals surface area contributed by atoms with Crippen LogP contribution in [0.3, 0.4) is 0 Å². The van der Waals surface area contributed by atoms with Crippen LogP contribution >= 0.6 is 0 Å². The average molecular weight is 259 g/mol. The molecule has 7 heteroatoms. The van der Waals surface area contributed by atoms with E-state index in [9.17, 15) is 17.2 Å². The Morgan fingerprint density at radius 3 is 2.35 bits per heavy atom. The van der Waals surface area contributed by atoms with Crippen molar-refractivity contribution in [2.75, 3.05) is 0 Å². The molecule has 0 N–H and O–H groups in total. The van der Waals surface area contributed by atoms with Gasteiger partial charge in [0.05, 0.1) is 17.0 Å². The van der Waals surface area contributed by atoms with Crippen molar-refractivity contribution in [2.45, 2.75) is 6.61 Å². The van der Waals surface area contributed by atoms with E-state index < -0.39 is 16.7 Å². The summed E-state index contributed by atoms with van der Waals surface area (Å²) in [5, 5.41) is 9.05. The van der Waals surface area contributed by atoms with E-state index in [1.54, 1.807) is 0 Å². The molecule has 0 aromatic heterocycles. The van der Waals surface area contributed by atoms with Gasteiger partial charge in [-0.2, -0.15) is 26.6 Å². The predicted octanol–water partition coefficient (Wildman–Crippen LogP) is 2.10. The zero-order chi connectivity index (χ0) is 12.9. The van der Waals surface area contributed by atoms with Crippen LogP contribution in [0.4, 0.5) is 8.78 Å². The van der Waals surface area contributed by atoms with Crippen molar-refractivity contribution in [3.05, 3.63) is 40.8 Å². The third kappa shape index (κ3) is 4.72. The molecule has 1 rings (SSSR count). The SMILES string of the molecule is N#Cc1ccc(C=CS(=O)(=O)OC(F)F)cc1. The normalized spacial score (nSPS) is 11.9. The lowest BCUT2D eigenvalue weighted by Gasteiger charge is -1.98. The second-order valence-electron chi connectivity index (χ2n) is 2.89. The van der Waals surface area contributed by atoms with Crippen molar-refractivity contribution in [3.8, 4) is 6.07 Å². The fraction of sp³-hybridized carbons (Fsp3) is 0.100. The Hall–Kier alpha value is -1.78. The molecule has 1 aromatic carbocycles. The standard InChI is InChI=1S/C10H7F2NO3S/c11-10(12)16-17(14,15)6-5-8-1-3-9(7-13)4-2-8/h1-6,10H. The molecular formula is C10H7F2NO3S. The quantitative estimate of drug-likeness (QED) is 0.776. The van der Waals surface area contributed by atoms with Gasteiger partial charge in [0.25, 0.3) is 10.1 Å². The molecule has 0 saturated heterocycles. The lowest BCUT2D eigenvalue weighted by molar-refractivity contribution is -0.0432. The van der Waals surface area contributed by atoms with Crippen molar-refractivity contribution >= 4 is 16.2 Å². The van der Waals surface area contributed by atoms with Gasteiger partial charge in [-0.25, -0.2) is 0 Å². The van der Waals surface area contributed by atoms with Crippen molar-refractivity contribution in [1.29, 1.82) is 5.26 Å². The molecule has 0 atom stereocenters. The molecule has 0 radical (unpaired) electrons. The summed E-state index contributed by atoms with van der Waals surface area (Å²) in [4.78, 5) is 0. The monoisotopic (exact) mass is 259 g/mol. The maximum absolute atomic E-state index is 11.7. The van der Waals surface area contributed by atoms with Crippen molar-refractivity contribution < 1.29 is 21.4 Å². The van der Waals surface area contributed by atoms with Gasteiger partial charge in [-0.3, -0.25) is 0 Å². The molecule has 0 saturated carbocycles. The summed E-state index contributed by atoms with van der Waals surface area (Å²) in [6.07, 6.45) is 1.10. The first-order valence-corrected chi connectivity index (χ1v) is 5.80. The molecular weight excluding hydrogens is 252 g/mol. The molecule has 0 spiro atoms. The number of halogens is 2. The van der Waals surface area contributed by atoms with Gasteiger partial charge in [0.1, 0.15) is 0 Å². The molecule has 1 aromatic rings. The lowest BCUT2D eigenvalue weighted by Crippen LogP contribution is -2.06. The predicted molar refractivity (Wildman–Crippen MR) is 56.2 cm³/mol.